The number of pyridine rings is 1. The van der Waals surface area contributed by atoms with Gasteiger partial charge in [-0.05, 0) is 30.3 Å². The molecule has 5 nitrogen and oxygen atoms in total. The predicted molar refractivity (Wildman–Crippen MR) is 84.3 cm³/mol. The van der Waals surface area contributed by atoms with E-state index in [1.54, 1.807) is 0 Å². The molecule has 0 saturated carbocycles. The van der Waals surface area contributed by atoms with Gasteiger partial charge in [0.15, 0.2) is 0 Å². The van der Waals surface area contributed by atoms with Crippen molar-refractivity contribution >= 4 is 23.2 Å². The van der Waals surface area contributed by atoms with Crippen molar-refractivity contribution in [2.45, 2.75) is 6.42 Å². The molecule has 1 amide bonds. The number of amides is 1. The van der Waals surface area contributed by atoms with Crippen LogP contribution in [0.3, 0.4) is 0 Å². The standard InChI is InChI=1S/C16H14ClN3O2/c17-13-9-11(4-5-14(13)21)16(22)18-7-6-12-10-20-8-2-1-3-15(20)19-12/h1-5,8-10,21H,6-7H2,(H,18,22). The summed E-state index contributed by atoms with van der Waals surface area (Å²) in [5, 5.41) is 12.3. The van der Waals surface area contributed by atoms with Crippen LogP contribution in [0.15, 0.2) is 48.8 Å². The van der Waals surface area contributed by atoms with Crippen molar-refractivity contribution in [3.05, 3.63) is 65.1 Å². The third kappa shape index (κ3) is 3.04. The minimum Gasteiger partial charge on any atom is -0.506 e. The maximum Gasteiger partial charge on any atom is 0.251 e. The fourth-order valence-electron chi connectivity index (χ4n) is 2.16. The van der Waals surface area contributed by atoms with Gasteiger partial charge in [-0.25, -0.2) is 4.98 Å². The molecule has 0 aliphatic carbocycles. The molecule has 0 saturated heterocycles. The summed E-state index contributed by atoms with van der Waals surface area (Å²) < 4.78 is 1.94. The van der Waals surface area contributed by atoms with Crippen molar-refractivity contribution in [3.63, 3.8) is 0 Å². The van der Waals surface area contributed by atoms with Crippen LogP contribution < -0.4 is 5.32 Å². The van der Waals surface area contributed by atoms with Crippen LogP contribution in [-0.2, 0) is 6.42 Å². The van der Waals surface area contributed by atoms with Gasteiger partial charge in [-0.2, -0.15) is 0 Å². The molecule has 3 aromatic rings. The molecule has 0 unspecified atom stereocenters. The molecule has 0 atom stereocenters. The zero-order valence-corrected chi connectivity index (χ0v) is 12.4. The number of hydrogen-bond acceptors (Lipinski definition) is 3. The number of hydrogen-bond donors (Lipinski definition) is 2. The molecular formula is C16H14ClN3O2. The van der Waals surface area contributed by atoms with E-state index in [9.17, 15) is 9.90 Å². The SMILES string of the molecule is O=C(NCCc1cn2ccccc2n1)c1ccc(O)c(Cl)c1. The lowest BCUT2D eigenvalue weighted by atomic mass is 10.2. The topological polar surface area (TPSA) is 66.6 Å². The van der Waals surface area contributed by atoms with E-state index in [1.807, 2.05) is 35.0 Å². The summed E-state index contributed by atoms with van der Waals surface area (Å²) in [6.45, 7) is 0.473. The van der Waals surface area contributed by atoms with E-state index >= 15 is 0 Å². The van der Waals surface area contributed by atoms with Gasteiger partial charge in [0.25, 0.3) is 5.91 Å². The molecule has 0 fully saturated rings. The van der Waals surface area contributed by atoms with Gasteiger partial charge in [0.1, 0.15) is 11.4 Å². The van der Waals surface area contributed by atoms with Crippen molar-refractivity contribution in [2.75, 3.05) is 6.54 Å². The molecule has 0 bridgehead atoms. The van der Waals surface area contributed by atoms with Crippen LogP contribution in [0.5, 0.6) is 5.75 Å². The Morgan fingerprint density at radius 2 is 2.18 bits per heavy atom. The molecule has 2 heterocycles. The third-order valence-electron chi connectivity index (χ3n) is 3.29. The Morgan fingerprint density at radius 1 is 1.32 bits per heavy atom. The maximum absolute atomic E-state index is 12.0. The molecule has 0 aliphatic heterocycles. The van der Waals surface area contributed by atoms with Gasteiger partial charge in [0, 0.05) is 30.9 Å². The Hall–Kier alpha value is -2.53. The second-order valence-electron chi connectivity index (χ2n) is 4.87. The Labute approximate surface area is 132 Å². The number of carbonyl (C=O) groups is 1. The normalized spacial score (nSPS) is 10.8. The summed E-state index contributed by atoms with van der Waals surface area (Å²) in [7, 11) is 0. The summed E-state index contributed by atoms with van der Waals surface area (Å²) in [4.78, 5) is 16.5. The number of nitrogens with zero attached hydrogens (tertiary/aromatic N) is 2. The molecule has 0 spiro atoms. The molecule has 112 valence electrons. The summed E-state index contributed by atoms with van der Waals surface area (Å²) in [6.07, 6.45) is 4.51. The Bertz CT molecular complexity index is 796. The number of imidazole rings is 1. The van der Waals surface area contributed by atoms with Gasteiger partial charge in [-0.15, -0.1) is 0 Å². The summed E-state index contributed by atoms with van der Waals surface area (Å²) in [6, 6.07) is 10.2. The zero-order chi connectivity index (χ0) is 15.5. The highest BCUT2D eigenvalue weighted by molar-refractivity contribution is 6.32. The van der Waals surface area contributed by atoms with Crippen molar-refractivity contribution in [2.24, 2.45) is 0 Å². The van der Waals surface area contributed by atoms with Gasteiger partial charge >= 0.3 is 0 Å². The number of carbonyl (C=O) groups excluding carboxylic acids is 1. The molecule has 22 heavy (non-hydrogen) atoms. The minimum atomic E-state index is -0.231. The van der Waals surface area contributed by atoms with Gasteiger partial charge in [0.2, 0.25) is 0 Å². The average molecular weight is 316 g/mol. The van der Waals surface area contributed by atoms with Crippen LogP contribution in [0, 0.1) is 0 Å². The van der Waals surface area contributed by atoms with Crippen molar-refractivity contribution in [3.8, 4) is 5.75 Å². The Morgan fingerprint density at radius 3 is 2.95 bits per heavy atom. The fourth-order valence-corrected chi connectivity index (χ4v) is 2.34. The number of phenolic OH excluding ortho intramolecular Hbond substituents is 1. The van der Waals surface area contributed by atoms with E-state index in [1.165, 1.54) is 18.2 Å². The maximum atomic E-state index is 12.0. The van der Waals surface area contributed by atoms with Crippen LogP contribution in [0.1, 0.15) is 16.1 Å². The molecule has 1 aromatic carbocycles. The Balaban J connectivity index is 1.60. The molecule has 0 aliphatic rings. The Kier molecular flexibility index (Phi) is 3.98. The number of halogens is 1. The lowest BCUT2D eigenvalue weighted by Gasteiger charge is -2.05. The lowest BCUT2D eigenvalue weighted by molar-refractivity contribution is 0.0954. The van der Waals surface area contributed by atoms with Crippen LogP contribution in [-0.4, -0.2) is 26.9 Å². The largest absolute Gasteiger partial charge is 0.506 e. The molecule has 0 radical (unpaired) electrons. The second kappa shape index (κ2) is 6.07. The molecule has 3 rings (SSSR count). The van der Waals surface area contributed by atoms with E-state index in [-0.39, 0.29) is 16.7 Å². The lowest BCUT2D eigenvalue weighted by Crippen LogP contribution is -2.25. The van der Waals surface area contributed by atoms with Gasteiger partial charge in [-0.1, -0.05) is 17.7 Å². The van der Waals surface area contributed by atoms with E-state index in [4.69, 9.17) is 11.6 Å². The monoisotopic (exact) mass is 315 g/mol. The number of fused-ring (bicyclic) bond motifs is 1. The summed E-state index contributed by atoms with van der Waals surface area (Å²) >= 11 is 5.79. The first-order valence-electron chi connectivity index (χ1n) is 6.83. The average Bonchev–Trinajstić information content (AvgIpc) is 2.92. The molecule has 2 aromatic heterocycles. The second-order valence-corrected chi connectivity index (χ2v) is 5.28. The fraction of sp³-hybridized carbons (Fsp3) is 0.125. The van der Waals surface area contributed by atoms with E-state index < -0.39 is 0 Å². The summed E-state index contributed by atoms with van der Waals surface area (Å²) in [5.41, 5.74) is 2.21. The summed E-state index contributed by atoms with van der Waals surface area (Å²) in [5.74, 6) is -0.270. The minimum absolute atomic E-state index is 0.0390. The van der Waals surface area contributed by atoms with Crippen LogP contribution >= 0.6 is 11.6 Å². The number of benzene rings is 1. The number of aromatic hydroxyl groups is 1. The number of rotatable bonds is 4. The molecule has 6 heteroatoms. The van der Waals surface area contributed by atoms with Gasteiger partial charge in [0.05, 0.1) is 10.7 Å². The predicted octanol–water partition coefficient (Wildman–Crippen LogP) is 2.67. The zero-order valence-electron chi connectivity index (χ0n) is 11.7. The van der Waals surface area contributed by atoms with E-state index in [2.05, 4.69) is 10.3 Å². The highest BCUT2D eigenvalue weighted by Gasteiger charge is 2.08. The van der Waals surface area contributed by atoms with Crippen LogP contribution in [0.25, 0.3) is 5.65 Å². The first kappa shape index (κ1) is 14.4. The smallest absolute Gasteiger partial charge is 0.251 e. The highest BCUT2D eigenvalue weighted by atomic mass is 35.5. The first-order chi connectivity index (χ1) is 10.6. The van der Waals surface area contributed by atoms with Crippen molar-refractivity contribution in [1.29, 1.82) is 0 Å². The van der Waals surface area contributed by atoms with Gasteiger partial charge in [-0.3, -0.25) is 4.79 Å². The highest BCUT2D eigenvalue weighted by Crippen LogP contribution is 2.23. The number of nitrogens with one attached hydrogen (secondary N) is 1. The van der Waals surface area contributed by atoms with E-state index in [0.29, 0.717) is 18.5 Å². The number of phenols is 1. The van der Waals surface area contributed by atoms with Crippen molar-refractivity contribution in [1.82, 2.24) is 14.7 Å². The first-order valence-corrected chi connectivity index (χ1v) is 7.20. The molecular weight excluding hydrogens is 302 g/mol. The van der Waals surface area contributed by atoms with E-state index in [0.717, 1.165) is 11.3 Å². The van der Waals surface area contributed by atoms with Crippen LogP contribution in [0.2, 0.25) is 5.02 Å². The number of aromatic nitrogens is 2. The third-order valence-corrected chi connectivity index (χ3v) is 3.59. The van der Waals surface area contributed by atoms with Crippen molar-refractivity contribution < 1.29 is 9.90 Å². The molecule has 2 N–H and O–H groups in total. The van der Waals surface area contributed by atoms with Crippen LogP contribution in [0.4, 0.5) is 0 Å². The quantitative estimate of drug-likeness (QED) is 0.778. The van der Waals surface area contributed by atoms with Gasteiger partial charge < -0.3 is 14.8 Å².